The van der Waals surface area contributed by atoms with Gasteiger partial charge in [-0.1, -0.05) is 13.3 Å². The molecule has 1 N–H and O–H groups in total. The number of hydrogen-bond acceptors (Lipinski definition) is 4. The van der Waals surface area contributed by atoms with Crippen molar-refractivity contribution >= 4 is 23.7 Å². The Morgan fingerprint density at radius 1 is 1.41 bits per heavy atom. The Labute approximate surface area is 114 Å². The lowest BCUT2D eigenvalue weighted by Gasteiger charge is -2.17. The molecule has 0 bridgehead atoms. The first-order valence-electron chi connectivity index (χ1n) is 6.25. The zero-order valence-electron chi connectivity index (χ0n) is 10.4. The molecule has 5 heteroatoms. The predicted molar refractivity (Wildman–Crippen MR) is 76.1 cm³/mol. The summed E-state index contributed by atoms with van der Waals surface area (Å²) in [6.07, 6.45) is 3.57. The van der Waals surface area contributed by atoms with Crippen molar-refractivity contribution in [3.05, 3.63) is 16.1 Å². The summed E-state index contributed by atoms with van der Waals surface area (Å²) in [7, 11) is 0. The third-order valence-electron chi connectivity index (χ3n) is 2.90. The van der Waals surface area contributed by atoms with Gasteiger partial charge in [0, 0.05) is 18.5 Å². The Kier molecular flexibility index (Phi) is 7.04. The zero-order valence-corrected chi connectivity index (χ0v) is 12.1. The number of hydrogen-bond donors (Lipinski definition) is 1. The summed E-state index contributed by atoms with van der Waals surface area (Å²) in [6, 6.07) is 0. The van der Waals surface area contributed by atoms with Crippen LogP contribution in [0.1, 0.15) is 30.5 Å². The molecular formula is C12H22ClN3S. The Balaban J connectivity index is 0.00000144. The van der Waals surface area contributed by atoms with E-state index in [2.05, 4.69) is 27.5 Å². The molecule has 2 rings (SSSR count). The van der Waals surface area contributed by atoms with Crippen molar-refractivity contribution in [1.82, 2.24) is 15.2 Å². The minimum Gasteiger partial charge on any atom is -0.315 e. The number of nitrogens with one attached hydrogen (secondary N) is 1. The van der Waals surface area contributed by atoms with Gasteiger partial charge in [0.25, 0.3) is 0 Å². The molecule has 0 spiro atoms. The van der Waals surface area contributed by atoms with Gasteiger partial charge in [-0.2, -0.15) is 0 Å². The van der Waals surface area contributed by atoms with E-state index in [1.807, 2.05) is 11.3 Å². The minimum absolute atomic E-state index is 0. The summed E-state index contributed by atoms with van der Waals surface area (Å²) in [5.74, 6) is 0. The van der Waals surface area contributed by atoms with E-state index in [0.717, 1.165) is 32.6 Å². The maximum Gasteiger partial charge on any atom is 0.107 e. The van der Waals surface area contributed by atoms with Gasteiger partial charge >= 0.3 is 0 Å². The third kappa shape index (κ3) is 4.92. The summed E-state index contributed by atoms with van der Waals surface area (Å²) in [5, 5.41) is 6.93. The maximum atomic E-state index is 4.68. The summed E-state index contributed by atoms with van der Waals surface area (Å²) < 4.78 is 0. The quantitative estimate of drug-likeness (QED) is 0.914. The Hall–Kier alpha value is -0.160. The van der Waals surface area contributed by atoms with E-state index in [1.165, 1.54) is 30.1 Å². The van der Waals surface area contributed by atoms with Gasteiger partial charge in [0.1, 0.15) is 5.01 Å². The van der Waals surface area contributed by atoms with Crippen molar-refractivity contribution in [3.8, 4) is 0 Å². The van der Waals surface area contributed by atoms with Gasteiger partial charge in [-0.25, -0.2) is 4.98 Å². The molecule has 1 saturated heterocycles. The van der Waals surface area contributed by atoms with Crippen LogP contribution < -0.4 is 5.32 Å². The molecule has 0 aliphatic carbocycles. The van der Waals surface area contributed by atoms with Gasteiger partial charge in [0.2, 0.25) is 0 Å². The standard InChI is InChI=1S/C12H21N3S.ClH/c1-2-4-11-10-16-12(14-11)9-15-7-3-5-13-6-8-15;/h10,13H,2-9H2,1H3;1H. The van der Waals surface area contributed by atoms with Crippen LogP contribution in [-0.4, -0.2) is 36.1 Å². The molecule has 1 aromatic heterocycles. The van der Waals surface area contributed by atoms with Crippen LogP contribution in [0.2, 0.25) is 0 Å². The summed E-state index contributed by atoms with van der Waals surface area (Å²) in [5.41, 5.74) is 1.27. The molecule has 2 heterocycles. The molecule has 0 radical (unpaired) electrons. The summed E-state index contributed by atoms with van der Waals surface area (Å²) in [6.45, 7) is 7.89. The fraction of sp³-hybridized carbons (Fsp3) is 0.750. The molecule has 0 atom stereocenters. The average molecular weight is 276 g/mol. The number of aryl methyl sites for hydroxylation is 1. The fourth-order valence-electron chi connectivity index (χ4n) is 2.04. The highest BCUT2D eigenvalue weighted by Crippen LogP contribution is 2.14. The van der Waals surface area contributed by atoms with Gasteiger partial charge in [-0.05, 0) is 25.9 Å². The van der Waals surface area contributed by atoms with Crippen LogP contribution in [0.25, 0.3) is 0 Å². The van der Waals surface area contributed by atoms with Crippen LogP contribution in [0, 0.1) is 0 Å². The number of halogens is 1. The van der Waals surface area contributed by atoms with Crippen molar-refractivity contribution in [2.45, 2.75) is 32.7 Å². The van der Waals surface area contributed by atoms with Crippen LogP contribution >= 0.6 is 23.7 Å². The molecule has 1 fully saturated rings. The highest BCUT2D eigenvalue weighted by molar-refractivity contribution is 7.09. The molecule has 0 unspecified atom stereocenters. The lowest BCUT2D eigenvalue weighted by Crippen LogP contribution is -2.27. The Morgan fingerprint density at radius 3 is 3.12 bits per heavy atom. The monoisotopic (exact) mass is 275 g/mol. The van der Waals surface area contributed by atoms with Crippen molar-refractivity contribution in [1.29, 1.82) is 0 Å². The molecule has 0 amide bonds. The van der Waals surface area contributed by atoms with Gasteiger partial charge in [0.15, 0.2) is 0 Å². The van der Waals surface area contributed by atoms with Crippen LogP contribution in [0.5, 0.6) is 0 Å². The van der Waals surface area contributed by atoms with Gasteiger partial charge in [0.05, 0.1) is 12.2 Å². The van der Waals surface area contributed by atoms with Crippen LogP contribution in [0.3, 0.4) is 0 Å². The van der Waals surface area contributed by atoms with E-state index in [-0.39, 0.29) is 12.4 Å². The fourth-order valence-corrected chi connectivity index (χ4v) is 2.91. The van der Waals surface area contributed by atoms with Gasteiger partial charge in [-0.3, -0.25) is 4.90 Å². The van der Waals surface area contributed by atoms with Crippen LogP contribution in [0.4, 0.5) is 0 Å². The van der Waals surface area contributed by atoms with Gasteiger partial charge in [-0.15, -0.1) is 23.7 Å². The van der Waals surface area contributed by atoms with Crippen LogP contribution in [-0.2, 0) is 13.0 Å². The van der Waals surface area contributed by atoms with Crippen LogP contribution in [0.15, 0.2) is 5.38 Å². The SMILES string of the molecule is CCCc1csc(CN2CCCNCC2)n1.Cl. The zero-order chi connectivity index (χ0) is 11.2. The highest BCUT2D eigenvalue weighted by atomic mass is 35.5. The Morgan fingerprint density at radius 2 is 2.29 bits per heavy atom. The topological polar surface area (TPSA) is 28.2 Å². The lowest BCUT2D eigenvalue weighted by molar-refractivity contribution is 0.284. The van der Waals surface area contributed by atoms with Crippen molar-refractivity contribution in [3.63, 3.8) is 0 Å². The number of thiazole rings is 1. The Bertz CT molecular complexity index is 308. The number of aromatic nitrogens is 1. The smallest absolute Gasteiger partial charge is 0.107 e. The average Bonchev–Trinajstić information content (AvgIpc) is 2.56. The molecule has 98 valence electrons. The third-order valence-corrected chi connectivity index (χ3v) is 3.78. The second kappa shape index (κ2) is 8.03. The molecule has 0 aromatic carbocycles. The molecular weight excluding hydrogens is 254 g/mol. The molecule has 17 heavy (non-hydrogen) atoms. The van der Waals surface area contributed by atoms with Gasteiger partial charge < -0.3 is 5.32 Å². The summed E-state index contributed by atoms with van der Waals surface area (Å²) >= 11 is 1.82. The number of nitrogens with zero attached hydrogens (tertiary/aromatic N) is 2. The normalized spacial score (nSPS) is 17.5. The molecule has 1 aromatic rings. The highest BCUT2D eigenvalue weighted by Gasteiger charge is 2.11. The minimum atomic E-state index is 0. The van der Waals surface area contributed by atoms with E-state index in [9.17, 15) is 0 Å². The van der Waals surface area contributed by atoms with E-state index >= 15 is 0 Å². The summed E-state index contributed by atoms with van der Waals surface area (Å²) in [4.78, 5) is 7.19. The molecule has 3 nitrogen and oxygen atoms in total. The van der Waals surface area contributed by atoms with Crippen molar-refractivity contribution in [2.24, 2.45) is 0 Å². The van der Waals surface area contributed by atoms with Crippen molar-refractivity contribution in [2.75, 3.05) is 26.2 Å². The largest absolute Gasteiger partial charge is 0.315 e. The second-order valence-electron chi connectivity index (χ2n) is 4.36. The van der Waals surface area contributed by atoms with E-state index in [1.54, 1.807) is 0 Å². The van der Waals surface area contributed by atoms with E-state index < -0.39 is 0 Å². The molecule has 0 saturated carbocycles. The maximum absolute atomic E-state index is 4.68. The predicted octanol–water partition coefficient (Wildman–Crippen LogP) is 2.31. The first kappa shape index (κ1) is 14.9. The number of rotatable bonds is 4. The second-order valence-corrected chi connectivity index (χ2v) is 5.30. The first-order chi connectivity index (χ1) is 7.88. The van der Waals surface area contributed by atoms with E-state index in [4.69, 9.17) is 0 Å². The first-order valence-corrected chi connectivity index (χ1v) is 7.13. The van der Waals surface area contributed by atoms with Crippen molar-refractivity contribution < 1.29 is 0 Å². The molecule has 1 aliphatic rings. The van der Waals surface area contributed by atoms with E-state index in [0.29, 0.717) is 0 Å². The lowest BCUT2D eigenvalue weighted by atomic mass is 10.3. The molecule has 1 aliphatic heterocycles.